The summed E-state index contributed by atoms with van der Waals surface area (Å²) in [5.41, 5.74) is 0.712. The van der Waals surface area contributed by atoms with E-state index in [1.807, 2.05) is 37.3 Å². The molecule has 5 rings (SSSR count). The first kappa shape index (κ1) is 16.7. The molecule has 2 aromatic rings. The number of fused-ring (bicyclic) bond motifs is 3. The molecule has 1 amide bonds. The minimum atomic E-state index is 0.0273. The second kappa shape index (κ2) is 6.84. The van der Waals surface area contributed by atoms with Gasteiger partial charge in [0.15, 0.2) is 0 Å². The Morgan fingerprint density at radius 1 is 1.28 bits per heavy atom. The fourth-order valence-corrected chi connectivity index (χ4v) is 4.78. The molecule has 3 aliphatic heterocycles. The van der Waals surface area contributed by atoms with Gasteiger partial charge in [0.05, 0.1) is 0 Å². The summed E-state index contributed by atoms with van der Waals surface area (Å²) in [4.78, 5) is 16.2. The third-order valence-electron chi connectivity index (χ3n) is 5.42. The van der Waals surface area contributed by atoms with Crippen LogP contribution in [0.25, 0.3) is 0 Å². The van der Waals surface area contributed by atoms with Gasteiger partial charge in [0.2, 0.25) is 0 Å². The zero-order valence-corrected chi connectivity index (χ0v) is 15.4. The molecule has 0 radical (unpaired) electrons. The van der Waals surface area contributed by atoms with Crippen LogP contribution in [0.3, 0.4) is 0 Å². The van der Waals surface area contributed by atoms with E-state index in [1.54, 1.807) is 0 Å². The molecule has 2 bridgehead atoms. The number of benzene rings is 1. The SMILES string of the molecule is Cc1cc(Sc2ccc(C(=O)N[C@@H]3C4CCN(CC4)C3C)cc2)no1. The number of nitrogens with one attached hydrogen (secondary N) is 1. The van der Waals surface area contributed by atoms with Crippen LogP contribution in [0.1, 0.15) is 35.9 Å². The van der Waals surface area contributed by atoms with Crippen molar-refractivity contribution in [2.45, 2.75) is 48.7 Å². The first-order valence-corrected chi connectivity index (χ1v) is 9.68. The Labute approximate surface area is 152 Å². The number of aromatic nitrogens is 1. The van der Waals surface area contributed by atoms with Gasteiger partial charge in [-0.05, 0) is 70.0 Å². The van der Waals surface area contributed by atoms with Gasteiger partial charge in [0.1, 0.15) is 10.8 Å². The first-order chi connectivity index (χ1) is 12.1. The van der Waals surface area contributed by atoms with Crippen molar-refractivity contribution in [1.29, 1.82) is 0 Å². The van der Waals surface area contributed by atoms with Gasteiger partial charge in [-0.15, -0.1) is 0 Å². The van der Waals surface area contributed by atoms with Crippen LogP contribution in [0.5, 0.6) is 0 Å². The Morgan fingerprint density at radius 3 is 2.60 bits per heavy atom. The van der Waals surface area contributed by atoms with Crippen molar-refractivity contribution in [2.75, 3.05) is 13.1 Å². The highest BCUT2D eigenvalue weighted by molar-refractivity contribution is 7.99. The molecule has 0 spiro atoms. The van der Waals surface area contributed by atoms with Crippen molar-refractivity contribution in [1.82, 2.24) is 15.4 Å². The highest BCUT2D eigenvalue weighted by Gasteiger charge is 2.40. The molecule has 4 heterocycles. The van der Waals surface area contributed by atoms with Gasteiger partial charge in [-0.3, -0.25) is 9.69 Å². The molecule has 1 aromatic heterocycles. The number of amides is 1. The average Bonchev–Trinajstić information content (AvgIpc) is 3.04. The van der Waals surface area contributed by atoms with Crippen molar-refractivity contribution in [2.24, 2.45) is 5.92 Å². The van der Waals surface area contributed by atoms with Crippen LogP contribution in [-0.2, 0) is 0 Å². The fourth-order valence-electron chi connectivity index (χ4n) is 3.97. The van der Waals surface area contributed by atoms with Gasteiger partial charge < -0.3 is 9.84 Å². The predicted molar refractivity (Wildman–Crippen MR) is 96.8 cm³/mol. The lowest BCUT2D eigenvalue weighted by Gasteiger charge is -2.49. The number of hydrogen-bond donors (Lipinski definition) is 1. The first-order valence-electron chi connectivity index (χ1n) is 8.86. The monoisotopic (exact) mass is 357 g/mol. The van der Waals surface area contributed by atoms with Crippen molar-refractivity contribution in [3.63, 3.8) is 0 Å². The maximum Gasteiger partial charge on any atom is 0.251 e. The van der Waals surface area contributed by atoms with Crippen molar-refractivity contribution in [3.05, 3.63) is 41.7 Å². The molecule has 1 aromatic carbocycles. The number of piperidine rings is 3. The van der Waals surface area contributed by atoms with E-state index in [-0.39, 0.29) is 11.9 Å². The molecule has 2 atom stereocenters. The molecule has 1 unspecified atom stereocenters. The molecule has 1 N–H and O–H groups in total. The fraction of sp³-hybridized carbons (Fsp3) is 0.474. The summed E-state index contributed by atoms with van der Waals surface area (Å²) in [5, 5.41) is 8.08. The van der Waals surface area contributed by atoms with E-state index in [1.165, 1.54) is 37.7 Å². The molecule has 132 valence electrons. The lowest BCUT2D eigenvalue weighted by Crippen LogP contribution is -2.62. The molecular weight excluding hydrogens is 334 g/mol. The number of hydrogen-bond acceptors (Lipinski definition) is 5. The van der Waals surface area contributed by atoms with Gasteiger partial charge >= 0.3 is 0 Å². The van der Waals surface area contributed by atoms with E-state index in [0.29, 0.717) is 17.5 Å². The highest BCUT2D eigenvalue weighted by atomic mass is 32.2. The van der Waals surface area contributed by atoms with Gasteiger partial charge in [-0.25, -0.2) is 0 Å². The van der Waals surface area contributed by atoms with Crippen LogP contribution >= 0.6 is 11.8 Å². The van der Waals surface area contributed by atoms with E-state index < -0.39 is 0 Å². The molecule has 3 saturated heterocycles. The van der Waals surface area contributed by atoms with E-state index in [0.717, 1.165) is 15.7 Å². The summed E-state index contributed by atoms with van der Waals surface area (Å²) in [6, 6.07) is 10.3. The van der Waals surface area contributed by atoms with Crippen molar-refractivity contribution >= 4 is 17.7 Å². The maximum atomic E-state index is 12.6. The minimum absolute atomic E-state index is 0.0273. The van der Waals surface area contributed by atoms with Crippen LogP contribution in [0.2, 0.25) is 0 Å². The van der Waals surface area contributed by atoms with Crippen molar-refractivity contribution in [3.8, 4) is 0 Å². The van der Waals surface area contributed by atoms with Gasteiger partial charge in [0, 0.05) is 28.6 Å². The van der Waals surface area contributed by atoms with Gasteiger partial charge in [-0.1, -0.05) is 16.9 Å². The molecule has 3 fully saturated rings. The molecule has 5 nitrogen and oxygen atoms in total. The van der Waals surface area contributed by atoms with Crippen LogP contribution < -0.4 is 5.32 Å². The molecule has 6 heteroatoms. The summed E-state index contributed by atoms with van der Waals surface area (Å²) < 4.78 is 5.08. The normalized spacial score (nSPS) is 28.1. The molecule has 25 heavy (non-hydrogen) atoms. The van der Waals surface area contributed by atoms with E-state index in [9.17, 15) is 4.79 Å². The van der Waals surface area contributed by atoms with Crippen LogP contribution in [0.4, 0.5) is 0 Å². The number of carbonyl (C=O) groups excluding carboxylic acids is 1. The Bertz CT molecular complexity index is 748. The Balaban J connectivity index is 1.40. The van der Waals surface area contributed by atoms with Gasteiger partial charge in [-0.2, -0.15) is 0 Å². The summed E-state index contributed by atoms with van der Waals surface area (Å²) in [6.45, 7) is 6.45. The van der Waals surface area contributed by atoms with Crippen LogP contribution in [0.15, 0.2) is 44.8 Å². The molecular formula is C19H23N3O2S. The van der Waals surface area contributed by atoms with Crippen molar-refractivity contribution < 1.29 is 9.32 Å². The standard InChI is InChI=1S/C19H23N3O2S/c1-12-11-17(21-24-12)25-16-5-3-15(4-6-16)19(23)20-18-13(2)22-9-7-14(18)8-10-22/h3-6,11,13-14,18H,7-10H2,1-2H3,(H,20,23)/t13?,18-/m0/s1. The highest BCUT2D eigenvalue weighted by Crippen LogP contribution is 2.32. The summed E-state index contributed by atoms with van der Waals surface area (Å²) in [5.74, 6) is 1.44. The topological polar surface area (TPSA) is 58.4 Å². The zero-order valence-electron chi connectivity index (χ0n) is 14.6. The third-order valence-corrected chi connectivity index (χ3v) is 6.33. The number of nitrogens with zero attached hydrogens (tertiary/aromatic N) is 2. The number of carbonyl (C=O) groups is 1. The zero-order chi connectivity index (χ0) is 17.4. The third kappa shape index (κ3) is 3.46. The Hall–Kier alpha value is -1.79. The summed E-state index contributed by atoms with van der Waals surface area (Å²) >= 11 is 1.53. The molecule has 0 saturated carbocycles. The quantitative estimate of drug-likeness (QED) is 0.909. The van der Waals surface area contributed by atoms with Crippen LogP contribution in [0, 0.1) is 12.8 Å². The lowest BCUT2D eigenvalue weighted by atomic mass is 9.79. The maximum absolute atomic E-state index is 12.6. The second-order valence-electron chi connectivity index (χ2n) is 7.02. The Morgan fingerprint density at radius 2 is 2.00 bits per heavy atom. The predicted octanol–water partition coefficient (Wildman–Crippen LogP) is 3.35. The Kier molecular flexibility index (Phi) is 4.56. The average molecular weight is 357 g/mol. The summed E-state index contributed by atoms with van der Waals surface area (Å²) in [6.07, 6.45) is 2.39. The molecule has 3 aliphatic rings. The number of rotatable bonds is 4. The lowest BCUT2D eigenvalue weighted by molar-refractivity contribution is 0.0217. The minimum Gasteiger partial charge on any atom is -0.361 e. The van der Waals surface area contributed by atoms with E-state index >= 15 is 0 Å². The van der Waals surface area contributed by atoms with Gasteiger partial charge in [0.25, 0.3) is 5.91 Å². The van der Waals surface area contributed by atoms with E-state index in [4.69, 9.17) is 4.52 Å². The number of aryl methyl sites for hydroxylation is 1. The van der Waals surface area contributed by atoms with Crippen LogP contribution in [-0.4, -0.2) is 41.1 Å². The summed E-state index contributed by atoms with van der Waals surface area (Å²) in [7, 11) is 0. The smallest absolute Gasteiger partial charge is 0.251 e. The molecule has 0 aliphatic carbocycles. The second-order valence-corrected chi connectivity index (χ2v) is 8.11. The van der Waals surface area contributed by atoms with E-state index in [2.05, 4.69) is 22.3 Å². The largest absolute Gasteiger partial charge is 0.361 e.